The summed E-state index contributed by atoms with van der Waals surface area (Å²) in [6, 6.07) is 5.06. The summed E-state index contributed by atoms with van der Waals surface area (Å²) in [6.07, 6.45) is 0. The topological polar surface area (TPSA) is 50.4 Å². The van der Waals surface area contributed by atoms with Crippen molar-refractivity contribution in [2.75, 3.05) is 11.9 Å². The van der Waals surface area contributed by atoms with Gasteiger partial charge in [-0.25, -0.2) is 14.7 Å². The van der Waals surface area contributed by atoms with Crippen molar-refractivity contribution in [2.24, 2.45) is 0 Å². The van der Waals surface area contributed by atoms with Gasteiger partial charge in [0.15, 0.2) is 0 Å². The van der Waals surface area contributed by atoms with E-state index in [9.17, 15) is 9.18 Å². The second-order valence-corrected chi connectivity index (χ2v) is 2.50. The summed E-state index contributed by atoms with van der Waals surface area (Å²) in [6.45, 7) is 2.11. The quantitative estimate of drug-likeness (QED) is 0.729. The lowest BCUT2D eigenvalue weighted by atomic mass is 10.3. The number of benzene rings is 1. The van der Waals surface area contributed by atoms with Crippen molar-refractivity contribution in [2.45, 2.75) is 6.92 Å². The molecule has 0 unspecified atom stereocenters. The van der Waals surface area contributed by atoms with E-state index in [1.54, 1.807) is 13.0 Å². The Morgan fingerprint density at radius 2 is 2.36 bits per heavy atom. The third kappa shape index (κ3) is 3.40. The first kappa shape index (κ1) is 10.5. The zero-order valence-corrected chi connectivity index (χ0v) is 7.71. The number of nitrogens with one attached hydrogen (secondary N) is 2. The minimum atomic E-state index is -0.530. The van der Waals surface area contributed by atoms with Crippen LogP contribution in [0.3, 0.4) is 0 Å². The number of hydrogen-bond donors (Lipinski definition) is 2. The second-order valence-electron chi connectivity index (χ2n) is 2.50. The van der Waals surface area contributed by atoms with E-state index < -0.39 is 11.8 Å². The lowest BCUT2D eigenvalue weighted by molar-refractivity contribution is 0.0758. The summed E-state index contributed by atoms with van der Waals surface area (Å²) < 4.78 is 12.7. The van der Waals surface area contributed by atoms with E-state index in [0.29, 0.717) is 12.3 Å². The van der Waals surface area contributed by atoms with E-state index in [4.69, 9.17) is 0 Å². The largest absolute Gasteiger partial charge is 0.343 e. The molecule has 2 N–H and O–H groups in total. The molecule has 0 fully saturated rings. The molecule has 0 heterocycles. The fourth-order valence-corrected chi connectivity index (χ4v) is 0.861. The fraction of sp³-hybridized carbons (Fsp3) is 0.222. The van der Waals surface area contributed by atoms with Gasteiger partial charge in [0.25, 0.3) is 0 Å². The average molecular weight is 198 g/mol. The van der Waals surface area contributed by atoms with Crippen molar-refractivity contribution in [3.63, 3.8) is 0 Å². The van der Waals surface area contributed by atoms with Crippen LogP contribution in [-0.2, 0) is 4.84 Å². The summed E-state index contributed by atoms with van der Waals surface area (Å²) in [4.78, 5) is 15.7. The molecule has 0 atom stereocenters. The van der Waals surface area contributed by atoms with Gasteiger partial charge < -0.3 is 5.32 Å². The van der Waals surface area contributed by atoms with Gasteiger partial charge in [-0.1, -0.05) is 6.07 Å². The molecule has 1 rings (SSSR count). The molecule has 0 saturated heterocycles. The minimum Gasteiger partial charge on any atom is -0.306 e. The second kappa shape index (κ2) is 5.18. The number of hydroxylamine groups is 1. The van der Waals surface area contributed by atoms with Crippen LogP contribution in [0.25, 0.3) is 0 Å². The molecule has 0 saturated carbocycles. The monoisotopic (exact) mass is 198 g/mol. The molecule has 2 amide bonds. The predicted molar refractivity (Wildman–Crippen MR) is 50.2 cm³/mol. The van der Waals surface area contributed by atoms with E-state index in [1.807, 2.05) is 0 Å². The molecule has 0 radical (unpaired) electrons. The van der Waals surface area contributed by atoms with E-state index in [1.165, 1.54) is 18.2 Å². The molecule has 0 aromatic heterocycles. The third-order valence-electron chi connectivity index (χ3n) is 1.39. The molecule has 1 aromatic rings. The number of rotatable bonds is 3. The van der Waals surface area contributed by atoms with Crippen LogP contribution in [0, 0.1) is 5.82 Å². The highest BCUT2D eigenvalue weighted by Gasteiger charge is 2.00. The first-order valence-electron chi connectivity index (χ1n) is 4.16. The molecule has 0 aliphatic carbocycles. The van der Waals surface area contributed by atoms with Crippen LogP contribution in [0.2, 0.25) is 0 Å². The first-order chi connectivity index (χ1) is 6.72. The van der Waals surface area contributed by atoms with Crippen molar-refractivity contribution < 1.29 is 14.0 Å². The van der Waals surface area contributed by atoms with Crippen LogP contribution < -0.4 is 10.8 Å². The SMILES string of the molecule is CCONC(=O)Nc1cccc(F)c1. The molecule has 14 heavy (non-hydrogen) atoms. The number of anilines is 1. The highest BCUT2D eigenvalue weighted by Crippen LogP contribution is 2.08. The Bertz CT molecular complexity index is 317. The Kier molecular flexibility index (Phi) is 3.87. The predicted octanol–water partition coefficient (Wildman–Crippen LogP) is 1.90. The number of amides is 2. The maximum absolute atomic E-state index is 12.7. The summed E-state index contributed by atoms with van der Waals surface area (Å²) in [5, 5.41) is 2.40. The van der Waals surface area contributed by atoms with Gasteiger partial charge in [0, 0.05) is 5.69 Å². The van der Waals surface area contributed by atoms with E-state index in [2.05, 4.69) is 15.6 Å². The van der Waals surface area contributed by atoms with Crippen LogP contribution in [0.15, 0.2) is 24.3 Å². The van der Waals surface area contributed by atoms with Gasteiger partial charge >= 0.3 is 6.03 Å². The summed E-state index contributed by atoms with van der Waals surface area (Å²) in [5.41, 5.74) is 2.50. The summed E-state index contributed by atoms with van der Waals surface area (Å²) >= 11 is 0. The third-order valence-corrected chi connectivity index (χ3v) is 1.39. The molecule has 0 aliphatic rings. The van der Waals surface area contributed by atoms with Gasteiger partial charge in [-0.3, -0.25) is 4.84 Å². The van der Waals surface area contributed by atoms with Gasteiger partial charge in [-0.05, 0) is 25.1 Å². The van der Waals surface area contributed by atoms with Gasteiger partial charge in [0.2, 0.25) is 0 Å². The zero-order chi connectivity index (χ0) is 10.4. The van der Waals surface area contributed by atoms with Crippen molar-refractivity contribution in [3.05, 3.63) is 30.1 Å². The Labute approximate surface area is 81.0 Å². The van der Waals surface area contributed by atoms with E-state index in [0.717, 1.165) is 0 Å². The molecule has 4 nitrogen and oxygen atoms in total. The molecule has 5 heteroatoms. The van der Waals surface area contributed by atoms with Crippen LogP contribution in [-0.4, -0.2) is 12.6 Å². The standard InChI is InChI=1S/C9H11FN2O2/c1-2-14-12-9(13)11-8-5-3-4-7(10)6-8/h3-6H,2H2,1H3,(H2,11,12,13). The van der Waals surface area contributed by atoms with Crippen molar-refractivity contribution in [1.29, 1.82) is 0 Å². The Morgan fingerprint density at radius 3 is 3.00 bits per heavy atom. The van der Waals surface area contributed by atoms with Crippen LogP contribution >= 0.6 is 0 Å². The van der Waals surface area contributed by atoms with Crippen LogP contribution in [0.5, 0.6) is 0 Å². The number of hydrogen-bond acceptors (Lipinski definition) is 2. The number of carbonyl (C=O) groups is 1. The number of carbonyl (C=O) groups excluding carboxylic acids is 1. The van der Waals surface area contributed by atoms with Gasteiger partial charge in [-0.2, -0.15) is 0 Å². The molecule has 0 bridgehead atoms. The van der Waals surface area contributed by atoms with Crippen molar-refractivity contribution in [3.8, 4) is 0 Å². The van der Waals surface area contributed by atoms with Crippen LogP contribution in [0.4, 0.5) is 14.9 Å². The highest BCUT2D eigenvalue weighted by molar-refractivity contribution is 5.88. The van der Waals surface area contributed by atoms with Crippen molar-refractivity contribution >= 4 is 11.7 Å². The van der Waals surface area contributed by atoms with Gasteiger partial charge in [0.1, 0.15) is 5.82 Å². The molecule has 76 valence electrons. The molecule has 0 aliphatic heterocycles. The Balaban J connectivity index is 2.47. The van der Waals surface area contributed by atoms with E-state index >= 15 is 0 Å². The van der Waals surface area contributed by atoms with E-state index in [-0.39, 0.29) is 0 Å². The van der Waals surface area contributed by atoms with Gasteiger partial charge in [0.05, 0.1) is 6.61 Å². The first-order valence-corrected chi connectivity index (χ1v) is 4.16. The smallest absolute Gasteiger partial charge is 0.306 e. The normalized spacial score (nSPS) is 9.57. The van der Waals surface area contributed by atoms with Crippen LogP contribution in [0.1, 0.15) is 6.92 Å². The molecular formula is C9H11FN2O2. The Morgan fingerprint density at radius 1 is 1.57 bits per heavy atom. The fourth-order valence-electron chi connectivity index (χ4n) is 0.861. The average Bonchev–Trinajstić information content (AvgIpc) is 2.15. The summed E-state index contributed by atoms with van der Waals surface area (Å²) in [7, 11) is 0. The number of urea groups is 1. The minimum absolute atomic E-state index is 0.372. The molecular weight excluding hydrogens is 187 g/mol. The lowest BCUT2D eigenvalue weighted by Crippen LogP contribution is -2.28. The highest BCUT2D eigenvalue weighted by atomic mass is 19.1. The molecule has 0 spiro atoms. The maximum Gasteiger partial charge on any atom is 0.343 e. The van der Waals surface area contributed by atoms with Gasteiger partial charge in [-0.15, -0.1) is 0 Å². The maximum atomic E-state index is 12.7. The zero-order valence-electron chi connectivity index (χ0n) is 7.71. The molecule has 1 aromatic carbocycles. The lowest BCUT2D eigenvalue weighted by Gasteiger charge is -2.05. The Hall–Kier alpha value is -1.62. The number of halogens is 1. The van der Waals surface area contributed by atoms with Crippen molar-refractivity contribution in [1.82, 2.24) is 5.48 Å². The summed E-state index contributed by atoms with van der Waals surface area (Å²) in [5.74, 6) is -0.404.